The van der Waals surface area contributed by atoms with Crippen LogP contribution in [0.4, 0.5) is 19.1 Å². The van der Waals surface area contributed by atoms with E-state index in [1.54, 1.807) is 13.8 Å². The molecule has 0 amide bonds. The van der Waals surface area contributed by atoms with Crippen molar-refractivity contribution in [3.8, 4) is 0 Å². The minimum Gasteiger partial charge on any atom is -0.337 e. The Kier molecular flexibility index (Phi) is 4.19. The van der Waals surface area contributed by atoms with E-state index in [2.05, 4.69) is 9.88 Å². The van der Waals surface area contributed by atoms with Crippen LogP contribution in [0.2, 0.25) is 0 Å². The molecule has 1 aromatic carbocycles. The maximum absolute atomic E-state index is 12.6. The van der Waals surface area contributed by atoms with E-state index < -0.39 is 27.5 Å². The number of nitrogens with zero attached hydrogens (tertiary/aromatic N) is 1. The molecule has 0 aliphatic heterocycles. The summed E-state index contributed by atoms with van der Waals surface area (Å²) in [6.45, 7) is 3.26. The van der Waals surface area contributed by atoms with Crippen LogP contribution < -0.4 is 4.72 Å². The van der Waals surface area contributed by atoms with Crippen molar-refractivity contribution >= 4 is 15.9 Å². The van der Waals surface area contributed by atoms with Gasteiger partial charge >= 0.3 is 6.18 Å². The maximum Gasteiger partial charge on any atom is 0.416 e. The zero-order chi connectivity index (χ0) is 16.5. The number of anilines is 1. The van der Waals surface area contributed by atoms with E-state index in [0.29, 0.717) is 11.3 Å². The van der Waals surface area contributed by atoms with Crippen LogP contribution >= 0.6 is 0 Å². The van der Waals surface area contributed by atoms with Gasteiger partial charge in [0.25, 0.3) is 0 Å². The van der Waals surface area contributed by atoms with Crippen molar-refractivity contribution in [3.63, 3.8) is 0 Å². The fraction of sp³-hybridized carbons (Fsp3) is 0.308. The molecule has 0 aliphatic carbocycles. The second kappa shape index (κ2) is 5.64. The molecule has 0 atom stereocenters. The van der Waals surface area contributed by atoms with E-state index in [1.807, 2.05) is 0 Å². The van der Waals surface area contributed by atoms with Crippen molar-refractivity contribution in [3.05, 3.63) is 46.6 Å². The molecule has 0 unspecified atom stereocenters. The smallest absolute Gasteiger partial charge is 0.337 e. The van der Waals surface area contributed by atoms with Gasteiger partial charge in [0.1, 0.15) is 0 Å². The molecule has 2 rings (SSSR count). The second-order valence-electron chi connectivity index (χ2n) is 4.78. The first-order valence-corrected chi connectivity index (χ1v) is 7.83. The molecular formula is C13H13F3N2O3S. The zero-order valence-corrected chi connectivity index (χ0v) is 12.5. The van der Waals surface area contributed by atoms with Gasteiger partial charge in [0, 0.05) is 5.56 Å². The highest BCUT2D eigenvalue weighted by atomic mass is 32.2. The lowest BCUT2D eigenvalue weighted by Gasteiger charge is -2.09. The quantitative estimate of drug-likeness (QED) is 0.931. The highest BCUT2D eigenvalue weighted by Crippen LogP contribution is 2.30. The lowest BCUT2D eigenvalue weighted by Crippen LogP contribution is -2.16. The zero-order valence-electron chi connectivity index (χ0n) is 11.7. The van der Waals surface area contributed by atoms with Crippen molar-refractivity contribution in [1.29, 1.82) is 0 Å². The molecule has 1 heterocycles. The van der Waals surface area contributed by atoms with Gasteiger partial charge in [0.05, 0.1) is 17.0 Å². The molecule has 5 nitrogen and oxygen atoms in total. The highest BCUT2D eigenvalue weighted by Gasteiger charge is 2.30. The van der Waals surface area contributed by atoms with Gasteiger partial charge in [-0.15, -0.1) is 0 Å². The predicted molar refractivity (Wildman–Crippen MR) is 73.7 cm³/mol. The van der Waals surface area contributed by atoms with Gasteiger partial charge in [-0.25, -0.2) is 8.42 Å². The third kappa shape index (κ3) is 3.79. The minimum atomic E-state index is -4.52. The third-order valence-corrected chi connectivity index (χ3v) is 4.23. The highest BCUT2D eigenvalue weighted by molar-refractivity contribution is 7.91. The molecule has 2 aromatic rings. The van der Waals surface area contributed by atoms with Gasteiger partial charge in [-0.3, -0.25) is 4.72 Å². The molecule has 9 heteroatoms. The van der Waals surface area contributed by atoms with Crippen LogP contribution in [0, 0.1) is 13.8 Å². The summed E-state index contributed by atoms with van der Waals surface area (Å²) >= 11 is 0. The number of aromatic nitrogens is 1. The van der Waals surface area contributed by atoms with E-state index in [9.17, 15) is 21.6 Å². The number of sulfonamides is 1. The maximum atomic E-state index is 12.6. The number of rotatable bonds is 4. The van der Waals surface area contributed by atoms with Gasteiger partial charge in [0.2, 0.25) is 15.9 Å². The molecule has 0 spiro atoms. The number of hydrogen-bond acceptors (Lipinski definition) is 4. The van der Waals surface area contributed by atoms with Crippen LogP contribution in [0.25, 0.3) is 0 Å². The van der Waals surface area contributed by atoms with Crippen molar-refractivity contribution in [1.82, 2.24) is 5.16 Å². The van der Waals surface area contributed by atoms with Crippen LogP contribution in [0.3, 0.4) is 0 Å². The van der Waals surface area contributed by atoms with Crippen LogP contribution in [-0.2, 0) is 22.0 Å². The van der Waals surface area contributed by atoms with Crippen molar-refractivity contribution in [2.45, 2.75) is 25.8 Å². The van der Waals surface area contributed by atoms with Crippen molar-refractivity contribution in [2.24, 2.45) is 0 Å². The van der Waals surface area contributed by atoms with E-state index in [-0.39, 0.29) is 11.4 Å². The van der Waals surface area contributed by atoms with E-state index in [1.165, 1.54) is 6.07 Å². The summed E-state index contributed by atoms with van der Waals surface area (Å²) in [6, 6.07) is 4.16. The van der Waals surface area contributed by atoms with Crippen molar-refractivity contribution < 1.29 is 26.1 Å². The van der Waals surface area contributed by atoms with Gasteiger partial charge in [0.15, 0.2) is 0 Å². The summed E-state index contributed by atoms with van der Waals surface area (Å²) in [6.07, 6.45) is -4.52. The number of hydrogen-bond donors (Lipinski definition) is 1. The Morgan fingerprint density at radius 3 is 2.50 bits per heavy atom. The number of aryl methyl sites for hydroxylation is 1. The largest absolute Gasteiger partial charge is 0.416 e. The molecule has 0 fully saturated rings. The summed E-state index contributed by atoms with van der Waals surface area (Å²) in [5.74, 6) is -0.639. The SMILES string of the molecule is Cc1noc(NS(=O)(=O)Cc2cccc(C(F)(F)F)c2)c1C. The third-order valence-electron chi connectivity index (χ3n) is 3.02. The molecule has 0 saturated heterocycles. The van der Waals surface area contributed by atoms with E-state index >= 15 is 0 Å². The molecule has 0 bridgehead atoms. The van der Waals surface area contributed by atoms with Gasteiger partial charge in [-0.2, -0.15) is 13.2 Å². The fourth-order valence-corrected chi connectivity index (χ4v) is 2.91. The number of halogens is 3. The summed E-state index contributed by atoms with van der Waals surface area (Å²) in [7, 11) is -3.91. The Morgan fingerprint density at radius 2 is 1.95 bits per heavy atom. The number of nitrogens with one attached hydrogen (secondary N) is 1. The number of benzene rings is 1. The van der Waals surface area contributed by atoms with Crippen LogP contribution in [0.15, 0.2) is 28.8 Å². The average molecular weight is 334 g/mol. The Bertz CT molecular complexity index is 782. The standard InChI is InChI=1S/C13H13F3N2O3S/c1-8-9(2)17-21-12(8)18-22(19,20)7-10-4-3-5-11(6-10)13(14,15)16/h3-6,18H,7H2,1-2H3. The molecular weight excluding hydrogens is 321 g/mol. The first-order chi connectivity index (χ1) is 10.1. The summed E-state index contributed by atoms with van der Waals surface area (Å²) in [5, 5.41) is 3.60. The van der Waals surface area contributed by atoms with Gasteiger partial charge in [-0.05, 0) is 25.5 Å². The first-order valence-electron chi connectivity index (χ1n) is 6.18. The first kappa shape index (κ1) is 16.3. The van der Waals surface area contributed by atoms with Gasteiger partial charge < -0.3 is 4.52 Å². The molecule has 120 valence electrons. The summed E-state index contributed by atoms with van der Waals surface area (Å²) < 4.78 is 68.9. The molecule has 1 N–H and O–H groups in total. The van der Waals surface area contributed by atoms with Crippen LogP contribution in [0.5, 0.6) is 0 Å². The molecule has 0 aliphatic rings. The Labute approximate surface area is 125 Å². The van der Waals surface area contributed by atoms with Crippen molar-refractivity contribution in [2.75, 3.05) is 4.72 Å². The van der Waals surface area contributed by atoms with Gasteiger partial charge in [-0.1, -0.05) is 23.4 Å². The molecule has 0 radical (unpaired) electrons. The van der Waals surface area contributed by atoms with Crippen LogP contribution in [0.1, 0.15) is 22.4 Å². The molecule has 0 saturated carbocycles. The molecule has 22 heavy (non-hydrogen) atoms. The second-order valence-corrected chi connectivity index (χ2v) is 6.50. The monoisotopic (exact) mass is 334 g/mol. The summed E-state index contributed by atoms with van der Waals surface area (Å²) in [5.41, 5.74) is 0.174. The minimum absolute atomic E-state index is 0.0243. The average Bonchev–Trinajstić information content (AvgIpc) is 2.69. The van der Waals surface area contributed by atoms with E-state index in [0.717, 1.165) is 18.2 Å². The lowest BCUT2D eigenvalue weighted by atomic mass is 10.1. The molecule has 1 aromatic heterocycles. The number of alkyl halides is 3. The Balaban J connectivity index is 2.21. The Hall–Kier alpha value is -2.03. The topological polar surface area (TPSA) is 72.2 Å². The van der Waals surface area contributed by atoms with Crippen LogP contribution in [-0.4, -0.2) is 13.6 Å². The normalized spacial score (nSPS) is 12.4. The summed E-state index contributed by atoms with van der Waals surface area (Å²) in [4.78, 5) is 0. The Morgan fingerprint density at radius 1 is 1.27 bits per heavy atom. The predicted octanol–water partition coefficient (Wildman–Crippen LogP) is 3.25. The lowest BCUT2D eigenvalue weighted by molar-refractivity contribution is -0.137. The van der Waals surface area contributed by atoms with E-state index in [4.69, 9.17) is 4.52 Å². The fourth-order valence-electron chi connectivity index (χ4n) is 1.74.